The van der Waals surface area contributed by atoms with Gasteiger partial charge in [-0.15, -0.1) is 0 Å². The fourth-order valence-corrected chi connectivity index (χ4v) is 4.47. The SMILES string of the molecule is CCOC(C)OCc1ccc(N(c2ccc(COC(C)OCC)cc2)c2ccc(-c3ccc(C)cc3)cc2)cc1. The van der Waals surface area contributed by atoms with Crippen molar-refractivity contribution in [1.82, 2.24) is 0 Å². The molecule has 0 aliphatic rings. The molecule has 4 rings (SSSR count). The molecule has 0 amide bonds. The lowest BCUT2D eigenvalue weighted by molar-refractivity contribution is -0.134. The molecule has 0 saturated carbocycles. The second-order valence-corrected chi connectivity index (χ2v) is 9.75. The van der Waals surface area contributed by atoms with Crippen molar-refractivity contribution in [3.63, 3.8) is 0 Å². The Hall–Kier alpha value is -3.48. The van der Waals surface area contributed by atoms with Crippen LogP contribution in [0, 0.1) is 6.92 Å². The number of nitrogens with zero attached hydrogens (tertiary/aromatic N) is 1. The molecule has 0 aliphatic heterocycles. The molecule has 0 fully saturated rings. The van der Waals surface area contributed by atoms with Gasteiger partial charge in [0.15, 0.2) is 12.6 Å². The zero-order chi connectivity index (χ0) is 28.3. The van der Waals surface area contributed by atoms with Crippen LogP contribution in [-0.4, -0.2) is 25.8 Å². The van der Waals surface area contributed by atoms with Crippen LogP contribution in [0.4, 0.5) is 17.1 Å². The van der Waals surface area contributed by atoms with Crippen molar-refractivity contribution < 1.29 is 18.9 Å². The van der Waals surface area contributed by atoms with Gasteiger partial charge in [-0.2, -0.15) is 0 Å². The lowest BCUT2D eigenvalue weighted by Gasteiger charge is -2.26. The fraction of sp³-hybridized carbons (Fsp3) is 0.314. The maximum Gasteiger partial charge on any atom is 0.155 e. The molecule has 0 spiro atoms. The molecule has 0 bridgehead atoms. The molecule has 0 N–H and O–H groups in total. The van der Waals surface area contributed by atoms with Gasteiger partial charge < -0.3 is 23.8 Å². The molecule has 40 heavy (non-hydrogen) atoms. The van der Waals surface area contributed by atoms with Crippen LogP contribution in [0.3, 0.4) is 0 Å². The Kier molecular flexibility index (Phi) is 10.9. The largest absolute Gasteiger partial charge is 0.353 e. The van der Waals surface area contributed by atoms with Crippen LogP contribution in [0.1, 0.15) is 44.4 Å². The van der Waals surface area contributed by atoms with E-state index in [9.17, 15) is 0 Å². The van der Waals surface area contributed by atoms with Crippen molar-refractivity contribution in [1.29, 1.82) is 0 Å². The molecule has 5 nitrogen and oxygen atoms in total. The molecule has 4 aromatic rings. The zero-order valence-electron chi connectivity index (χ0n) is 24.3. The van der Waals surface area contributed by atoms with Crippen LogP contribution in [0.15, 0.2) is 97.1 Å². The fourth-order valence-electron chi connectivity index (χ4n) is 4.47. The molecule has 0 saturated heterocycles. The van der Waals surface area contributed by atoms with E-state index in [0.717, 1.165) is 28.2 Å². The third-order valence-electron chi connectivity index (χ3n) is 6.67. The molecule has 2 atom stereocenters. The normalized spacial score (nSPS) is 12.7. The first-order valence-corrected chi connectivity index (χ1v) is 14.1. The molecule has 5 heteroatoms. The lowest BCUT2D eigenvalue weighted by atomic mass is 10.0. The van der Waals surface area contributed by atoms with E-state index in [1.54, 1.807) is 0 Å². The van der Waals surface area contributed by atoms with Gasteiger partial charge in [-0.05, 0) is 93.3 Å². The third kappa shape index (κ3) is 8.26. The maximum atomic E-state index is 5.81. The summed E-state index contributed by atoms with van der Waals surface area (Å²) < 4.78 is 22.6. The molecule has 4 aromatic carbocycles. The van der Waals surface area contributed by atoms with Crippen molar-refractivity contribution in [2.24, 2.45) is 0 Å². The van der Waals surface area contributed by atoms with Gasteiger partial charge in [-0.25, -0.2) is 0 Å². The van der Waals surface area contributed by atoms with E-state index in [2.05, 4.69) is 109 Å². The summed E-state index contributed by atoms with van der Waals surface area (Å²) in [5.41, 5.74) is 9.07. The van der Waals surface area contributed by atoms with E-state index < -0.39 is 0 Å². The van der Waals surface area contributed by atoms with Crippen LogP contribution in [-0.2, 0) is 32.2 Å². The Morgan fingerprint density at radius 2 is 0.850 bits per heavy atom. The van der Waals surface area contributed by atoms with E-state index in [4.69, 9.17) is 18.9 Å². The number of aryl methyl sites for hydroxylation is 1. The standard InChI is InChI=1S/C35H41NO4/c1-6-37-27(4)39-24-29-10-18-33(19-11-29)36(34-20-12-30(13-21-34)25-40-28(5)38-7-2)35-22-16-32(17-23-35)31-14-8-26(3)9-15-31/h8-23,27-28H,6-7,24-25H2,1-5H3. The highest BCUT2D eigenvalue weighted by Crippen LogP contribution is 2.36. The minimum absolute atomic E-state index is 0.229. The van der Waals surface area contributed by atoms with E-state index in [-0.39, 0.29) is 12.6 Å². The molecular weight excluding hydrogens is 498 g/mol. The third-order valence-corrected chi connectivity index (χ3v) is 6.67. The Morgan fingerprint density at radius 1 is 0.500 bits per heavy atom. The second kappa shape index (κ2) is 14.8. The predicted molar refractivity (Wildman–Crippen MR) is 163 cm³/mol. The Bertz CT molecular complexity index is 1230. The summed E-state index contributed by atoms with van der Waals surface area (Å²) in [6.45, 7) is 12.2. The van der Waals surface area contributed by atoms with Gasteiger partial charge in [0.05, 0.1) is 13.2 Å². The van der Waals surface area contributed by atoms with Gasteiger partial charge in [0, 0.05) is 30.3 Å². The molecular formula is C35H41NO4. The van der Waals surface area contributed by atoms with Crippen LogP contribution in [0.2, 0.25) is 0 Å². The van der Waals surface area contributed by atoms with Crippen molar-refractivity contribution in [2.45, 2.75) is 60.4 Å². The summed E-state index contributed by atoms with van der Waals surface area (Å²) >= 11 is 0. The number of hydrogen-bond donors (Lipinski definition) is 0. The highest BCUT2D eigenvalue weighted by Gasteiger charge is 2.14. The molecule has 0 heterocycles. The van der Waals surface area contributed by atoms with Gasteiger partial charge in [-0.1, -0.05) is 66.2 Å². The molecule has 210 valence electrons. The minimum Gasteiger partial charge on any atom is -0.353 e. The maximum absolute atomic E-state index is 5.81. The molecule has 0 aliphatic carbocycles. The molecule has 2 unspecified atom stereocenters. The van der Waals surface area contributed by atoms with E-state index in [1.165, 1.54) is 16.7 Å². The average molecular weight is 540 g/mol. The van der Waals surface area contributed by atoms with Gasteiger partial charge in [0.2, 0.25) is 0 Å². The molecule has 0 radical (unpaired) electrons. The Balaban J connectivity index is 1.58. The monoisotopic (exact) mass is 539 g/mol. The summed E-state index contributed by atoms with van der Waals surface area (Å²) in [5, 5.41) is 0. The van der Waals surface area contributed by atoms with Crippen LogP contribution >= 0.6 is 0 Å². The first kappa shape index (κ1) is 29.5. The Morgan fingerprint density at radius 3 is 1.23 bits per heavy atom. The number of hydrogen-bond acceptors (Lipinski definition) is 5. The highest BCUT2D eigenvalue weighted by atomic mass is 16.7. The first-order chi connectivity index (χ1) is 19.5. The summed E-state index contributed by atoms with van der Waals surface area (Å²) in [7, 11) is 0. The quantitative estimate of drug-likeness (QED) is 0.150. The summed E-state index contributed by atoms with van der Waals surface area (Å²) in [6, 6.07) is 34.3. The summed E-state index contributed by atoms with van der Waals surface area (Å²) in [4.78, 5) is 2.26. The predicted octanol–water partition coefficient (Wildman–Crippen LogP) is 8.93. The van der Waals surface area contributed by atoms with Gasteiger partial charge in [0.25, 0.3) is 0 Å². The van der Waals surface area contributed by atoms with Gasteiger partial charge in [-0.3, -0.25) is 0 Å². The number of ether oxygens (including phenoxy) is 4. The lowest BCUT2D eigenvalue weighted by Crippen LogP contribution is -2.13. The van der Waals surface area contributed by atoms with Crippen molar-refractivity contribution in [3.8, 4) is 11.1 Å². The number of anilines is 3. The van der Waals surface area contributed by atoms with E-state index in [1.807, 2.05) is 27.7 Å². The van der Waals surface area contributed by atoms with Gasteiger partial charge >= 0.3 is 0 Å². The van der Waals surface area contributed by atoms with E-state index in [0.29, 0.717) is 26.4 Å². The van der Waals surface area contributed by atoms with Crippen molar-refractivity contribution >= 4 is 17.1 Å². The zero-order valence-corrected chi connectivity index (χ0v) is 24.3. The van der Waals surface area contributed by atoms with Crippen molar-refractivity contribution in [2.75, 3.05) is 18.1 Å². The van der Waals surface area contributed by atoms with Gasteiger partial charge in [0.1, 0.15) is 0 Å². The molecule has 0 aromatic heterocycles. The Labute approximate surface area is 239 Å². The van der Waals surface area contributed by atoms with Crippen LogP contribution in [0.5, 0.6) is 0 Å². The summed E-state index contributed by atoms with van der Waals surface area (Å²) in [6.07, 6.45) is -0.459. The summed E-state index contributed by atoms with van der Waals surface area (Å²) in [5.74, 6) is 0. The smallest absolute Gasteiger partial charge is 0.155 e. The average Bonchev–Trinajstić information content (AvgIpc) is 2.98. The van der Waals surface area contributed by atoms with Crippen LogP contribution < -0.4 is 4.90 Å². The number of benzene rings is 4. The topological polar surface area (TPSA) is 40.2 Å². The minimum atomic E-state index is -0.229. The highest BCUT2D eigenvalue weighted by molar-refractivity contribution is 5.78. The first-order valence-electron chi connectivity index (χ1n) is 14.1. The number of rotatable bonds is 14. The second-order valence-electron chi connectivity index (χ2n) is 9.75. The van der Waals surface area contributed by atoms with Crippen LogP contribution in [0.25, 0.3) is 11.1 Å². The van der Waals surface area contributed by atoms with E-state index >= 15 is 0 Å². The van der Waals surface area contributed by atoms with Crippen molar-refractivity contribution in [3.05, 3.63) is 114 Å².